The number of carbonyl (C=O) groups is 2. The van der Waals surface area contributed by atoms with E-state index in [0.717, 1.165) is 16.6 Å². The van der Waals surface area contributed by atoms with Crippen LogP contribution < -0.4 is 5.32 Å². The third-order valence-corrected chi connectivity index (χ3v) is 4.69. The summed E-state index contributed by atoms with van der Waals surface area (Å²) in [5.41, 5.74) is 2.75. The summed E-state index contributed by atoms with van der Waals surface area (Å²) in [6.07, 6.45) is 2.38. The fourth-order valence-corrected chi connectivity index (χ4v) is 3.34. The van der Waals surface area contributed by atoms with Gasteiger partial charge in [-0.3, -0.25) is 19.5 Å². The quantitative estimate of drug-likeness (QED) is 0.548. The summed E-state index contributed by atoms with van der Waals surface area (Å²) in [4.78, 5) is 30.3. The molecule has 0 aliphatic carbocycles. The Balaban J connectivity index is 1.40. The second-order valence-corrected chi connectivity index (χ2v) is 6.54. The van der Waals surface area contributed by atoms with Gasteiger partial charge < -0.3 is 5.32 Å². The Labute approximate surface area is 155 Å². The minimum absolute atomic E-state index is 0.213. The molecular formula is C20H16ClN3O2. The molecule has 2 heterocycles. The lowest BCUT2D eigenvalue weighted by molar-refractivity contribution is 0.0654. The van der Waals surface area contributed by atoms with E-state index in [1.54, 1.807) is 30.5 Å². The summed E-state index contributed by atoms with van der Waals surface area (Å²) in [5, 5.41) is 4.98. The van der Waals surface area contributed by atoms with E-state index in [2.05, 4.69) is 10.3 Å². The standard InChI is InChI=1S/C20H16ClN3O2/c21-13-6-7-16-17(8-10-23-18(16)12-13)22-9-3-11-24-19(25)14-4-1-2-5-15(14)20(24)26/h1-2,4-8,10,12H,3,9,11H2,(H,22,23). The fourth-order valence-electron chi connectivity index (χ4n) is 3.18. The van der Waals surface area contributed by atoms with Gasteiger partial charge >= 0.3 is 0 Å². The van der Waals surface area contributed by atoms with Gasteiger partial charge in [0.1, 0.15) is 0 Å². The maximum atomic E-state index is 12.3. The highest BCUT2D eigenvalue weighted by Gasteiger charge is 2.34. The third-order valence-electron chi connectivity index (χ3n) is 4.46. The molecule has 0 radical (unpaired) electrons. The Morgan fingerprint density at radius 2 is 1.73 bits per heavy atom. The second kappa shape index (κ2) is 6.77. The van der Waals surface area contributed by atoms with Crippen molar-refractivity contribution in [3.05, 3.63) is 70.9 Å². The van der Waals surface area contributed by atoms with Gasteiger partial charge in [0.15, 0.2) is 0 Å². The first kappa shape index (κ1) is 16.5. The van der Waals surface area contributed by atoms with Crippen molar-refractivity contribution >= 4 is 40.0 Å². The van der Waals surface area contributed by atoms with Gasteiger partial charge in [-0.1, -0.05) is 23.7 Å². The smallest absolute Gasteiger partial charge is 0.261 e. The van der Waals surface area contributed by atoms with Crippen LogP contribution in [0.2, 0.25) is 5.02 Å². The SMILES string of the molecule is O=C1c2ccccc2C(=O)N1CCCNc1ccnc2cc(Cl)ccc12. The summed E-state index contributed by atoms with van der Waals surface area (Å²) in [7, 11) is 0. The number of aromatic nitrogens is 1. The van der Waals surface area contributed by atoms with Crippen molar-refractivity contribution in [1.29, 1.82) is 0 Å². The predicted octanol–water partition coefficient (Wildman–Crippen LogP) is 3.99. The molecule has 0 atom stereocenters. The number of halogens is 1. The van der Waals surface area contributed by atoms with Crippen LogP contribution in [0.4, 0.5) is 5.69 Å². The molecule has 4 rings (SSSR count). The molecule has 0 fully saturated rings. The van der Waals surface area contributed by atoms with Gasteiger partial charge in [-0.15, -0.1) is 0 Å². The van der Waals surface area contributed by atoms with E-state index in [4.69, 9.17) is 11.6 Å². The van der Waals surface area contributed by atoms with Crippen LogP contribution in [0.3, 0.4) is 0 Å². The highest BCUT2D eigenvalue weighted by molar-refractivity contribution is 6.31. The van der Waals surface area contributed by atoms with Crippen LogP contribution in [0.25, 0.3) is 10.9 Å². The molecule has 1 aliphatic heterocycles. The van der Waals surface area contributed by atoms with Crippen molar-refractivity contribution in [2.24, 2.45) is 0 Å². The van der Waals surface area contributed by atoms with E-state index in [9.17, 15) is 9.59 Å². The molecule has 0 saturated carbocycles. The topological polar surface area (TPSA) is 62.3 Å². The minimum atomic E-state index is -0.213. The summed E-state index contributed by atoms with van der Waals surface area (Å²) in [6.45, 7) is 1.02. The number of imide groups is 1. The number of hydrogen-bond acceptors (Lipinski definition) is 4. The summed E-state index contributed by atoms with van der Waals surface area (Å²) in [6, 6.07) is 14.4. The normalized spacial score (nSPS) is 13.3. The Morgan fingerprint density at radius 3 is 2.46 bits per heavy atom. The molecule has 1 aliphatic rings. The van der Waals surface area contributed by atoms with Crippen LogP contribution in [-0.4, -0.2) is 34.8 Å². The number of anilines is 1. The van der Waals surface area contributed by atoms with E-state index < -0.39 is 0 Å². The van der Waals surface area contributed by atoms with Crippen molar-refractivity contribution in [2.75, 3.05) is 18.4 Å². The zero-order chi connectivity index (χ0) is 18.1. The number of nitrogens with one attached hydrogen (secondary N) is 1. The van der Waals surface area contributed by atoms with E-state index in [0.29, 0.717) is 35.7 Å². The lowest BCUT2D eigenvalue weighted by atomic mass is 10.1. The van der Waals surface area contributed by atoms with Crippen LogP contribution in [-0.2, 0) is 0 Å². The van der Waals surface area contributed by atoms with Gasteiger partial charge in [-0.25, -0.2) is 0 Å². The lowest BCUT2D eigenvalue weighted by Gasteiger charge is -2.15. The van der Waals surface area contributed by atoms with Crippen LogP contribution in [0, 0.1) is 0 Å². The minimum Gasteiger partial charge on any atom is -0.384 e. The first-order valence-electron chi connectivity index (χ1n) is 8.38. The lowest BCUT2D eigenvalue weighted by Crippen LogP contribution is -2.31. The molecule has 6 heteroatoms. The highest BCUT2D eigenvalue weighted by Crippen LogP contribution is 2.25. The summed E-state index contributed by atoms with van der Waals surface area (Å²) < 4.78 is 0. The van der Waals surface area contributed by atoms with Gasteiger partial charge in [-0.05, 0) is 42.8 Å². The zero-order valence-electron chi connectivity index (χ0n) is 13.9. The number of pyridine rings is 1. The monoisotopic (exact) mass is 365 g/mol. The number of amides is 2. The van der Waals surface area contributed by atoms with Gasteiger partial charge in [0.25, 0.3) is 11.8 Å². The Kier molecular flexibility index (Phi) is 4.31. The Bertz CT molecular complexity index is 984. The average molecular weight is 366 g/mol. The molecule has 1 N–H and O–H groups in total. The zero-order valence-corrected chi connectivity index (χ0v) is 14.7. The van der Waals surface area contributed by atoms with E-state index in [-0.39, 0.29) is 11.8 Å². The van der Waals surface area contributed by atoms with E-state index in [1.165, 1.54) is 4.90 Å². The van der Waals surface area contributed by atoms with Gasteiger partial charge in [0.2, 0.25) is 0 Å². The number of rotatable bonds is 5. The molecule has 2 aromatic carbocycles. The highest BCUT2D eigenvalue weighted by atomic mass is 35.5. The molecule has 26 heavy (non-hydrogen) atoms. The molecule has 130 valence electrons. The summed E-state index contributed by atoms with van der Waals surface area (Å²) >= 11 is 6.01. The van der Waals surface area contributed by atoms with Crippen molar-refractivity contribution in [3.8, 4) is 0 Å². The molecule has 2 amide bonds. The predicted molar refractivity (Wildman–Crippen MR) is 102 cm³/mol. The first-order chi connectivity index (χ1) is 12.6. The maximum absolute atomic E-state index is 12.3. The number of hydrogen-bond donors (Lipinski definition) is 1. The molecule has 0 spiro atoms. The first-order valence-corrected chi connectivity index (χ1v) is 8.76. The summed E-state index contributed by atoms with van der Waals surface area (Å²) in [5.74, 6) is -0.427. The molecule has 3 aromatic rings. The maximum Gasteiger partial charge on any atom is 0.261 e. The van der Waals surface area contributed by atoms with Crippen molar-refractivity contribution < 1.29 is 9.59 Å². The van der Waals surface area contributed by atoms with Gasteiger partial charge in [0, 0.05) is 35.4 Å². The molecular weight excluding hydrogens is 350 g/mol. The Hall–Kier alpha value is -2.92. The molecule has 5 nitrogen and oxygen atoms in total. The van der Waals surface area contributed by atoms with Crippen molar-refractivity contribution in [3.63, 3.8) is 0 Å². The molecule has 0 unspecified atom stereocenters. The largest absolute Gasteiger partial charge is 0.384 e. The number of carbonyl (C=O) groups excluding carboxylic acids is 2. The molecule has 1 aromatic heterocycles. The fraction of sp³-hybridized carbons (Fsp3) is 0.150. The second-order valence-electron chi connectivity index (χ2n) is 6.11. The van der Waals surface area contributed by atoms with Gasteiger partial charge in [0.05, 0.1) is 16.6 Å². The third kappa shape index (κ3) is 2.91. The van der Waals surface area contributed by atoms with Crippen molar-refractivity contribution in [2.45, 2.75) is 6.42 Å². The van der Waals surface area contributed by atoms with Crippen molar-refractivity contribution in [1.82, 2.24) is 9.88 Å². The van der Waals surface area contributed by atoms with Crippen LogP contribution in [0.5, 0.6) is 0 Å². The Morgan fingerprint density at radius 1 is 1.00 bits per heavy atom. The van der Waals surface area contributed by atoms with Crippen LogP contribution in [0.15, 0.2) is 54.7 Å². The molecule has 0 saturated heterocycles. The number of fused-ring (bicyclic) bond motifs is 2. The average Bonchev–Trinajstić information content (AvgIpc) is 2.90. The van der Waals surface area contributed by atoms with Crippen LogP contribution in [0.1, 0.15) is 27.1 Å². The number of nitrogens with zero attached hydrogens (tertiary/aromatic N) is 2. The van der Waals surface area contributed by atoms with E-state index >= 15 is 0 Å². The van der Waals surface area contributed by atoms with E-state index in [1.807, 2.05) is 24.3 Å². The number of benzene rings is 2. The van der Waals surface area contributed by atoms with Crippen LogP contribution >= 0.6 is 11.6 Å². The molecule has 0 bridgehead atoms. The van der Waals surface area contributed by atoms with Gasteiger partial charge in [-0.2, -0.15) is 0 Å².